The van der Waals surface area contributed by atoms with Crippen LogP contribution in [0.1, 0.15) is 18.3 Å². The van der Waals surface area contributed by atoms with Crippen LogP contribution in [0, 0.1) is 0 Å². The molecule has 0 aliphatic rings. The maximum Gasteiger partial charge on any atom is 0.231 e. The van der Waals surface area contributed by atoms with Crippen molar-refractivity contribution in [1.82, 2.24) is 29.7 Å². The summed E-state index contributed by atoms with van der Waals surface area (Å²) in [5.41, 5.74) is 2.71. The van der Waals surface area contributed by atoms with E-state index in [1.165, 1.54) is 0 Å². The van der Waals surface area contributed by atoms with Gasteiger partial charge in [0, 0.05) is 30.2 Å². The molecule has 138 valence electrons. The average Bonchev–Trinajstić information content (AvgIpc) is 3.22. The monoisotopic (exact) mass is 364 g/mol. The molecule has 4 rings (SSSR count). The highest BCUT2D eigenvalue weighted by atomic mass is 16.5. The topological polar surface area (TPSA) is 86.3 Å². The van der Waals surface area contributed by atoms with Gasteiger partial charge in [-0.3, -0.25) is 4.79 Å². The van der Waals surface area contributed by atoms with E-state index in [1.807, 2.05) is 49.0 Å². The molecule has 27 heavy (non-hydrogen) atoms. The Bertz CT molecular complexity index is 1110. The van der Waals surface area contributed by atoms with Gasteiger partial charge in [-0.15, -0.1) is 15.3 Å². The first kappa shape index (κ1) is 17.0. The van der Waals surface area contributed by atoms with Gasteiger partial charge >= 0.3 is 0 Å². The van der Waals surface area contributed by atoms with E-state index in [2.05, 4.69) is 20.6 Å². The Kier molecular flexibility index (Phi) is 4.45. The molecule has 4 aromatic rings. The van der Waals surface area contributed by atoms with Crippen molar-refractivity contribution in [2.24, 2.45) is 7.05 Å². The van der Waals surface area contributed by atoms with Crippen LogP contribution >= 0.6 is 0 Å². The predicted molar refractivity (Wildman–Crippen MR) is 100 cm³/mol. The van der Waals surface area contributed by atoms with Crippen molar-refractivity contribution in [3.63, 3.8) is 0 Å². The van der Waals surface area contributed by atoms with Crippen molar-refractivity contribution in [1.29, 1.82) is 0 Å². The Morgan fingerprint density at radius 1 is 1.19 bits per heavy atom. The molecular formula is C19H20N6O2. The number of hydrogen-bond donors (Lipinski definition) is 1. The van der Waals surface area contributed by atoms with Gasteiger partial charge in [0.1, 0.15) is 0 Å². The summed E-state index contributed by atoms with van der Waals surface area (Å²) in [6, 6.07) is 11.6. The summed E-state index contributed by atoms with van der Waals surface area (Å²) in [6.07, 6.45) is 2.29. The minimum Gasteiger partial charge on any atom is -0.477 e. The number of para-hydroxylation sites is 1. The number of aromatic nitrogens is 5. The molecule has 0 saturated carbocycles. The molecule has 0 fully saturated rings. The smallest absolute Gasteiger partial charge is 0.231 e. The van der Waals surface area contributed by atoms with Crippen molar-refractivity contribution >= 4 is 22.5 Å². The summed E-state index contributed by atoms with van der Waals surface area (Å²) in [6.45, 7) is 2.66. The van der Waals surface area contributed by atoms with E-state index >= 15 is 0 Å². The average molecular weight is 364 g/mol. The molecule has 8 nitrogen and oxygen atoms in total. The minimum absolute atomic E-state index is 0.0796. The van der Waals surface area contributed by atoms with E-state index in [9.17, 15) is 4.79 Å². The van der Waals surface area contributed by atoms with E-state index in [1.54, 1.807) is 16.6 Å². The van der Waals surface area contributed by atoms with Gasteiger partial charge in [-0.2, -0.15) is 4.52 Å². The zero-order valence-corrected chi connectivity index (χ0v) is 15.2. The van der Waals surface area contributed by atoms with Crippen LogP contribution in [0.2, 0.25) is 0 Å². The summed E-state index contributed by atoms with van der Waals surface area (Å²) in [7, 11) is 1.98. The largest absolute Gasteiger partial charge is 0.477 e. The summed E-state index contributed by atoms with van der Waals surface area (Å²) in [5.74, 6) is 0.968. The summed E-state index contributed by atoms with van der Waals surface area (Å²) in [5, 5.41) is 16.5. The van der Waals surface area contributed by atoms with Gasteiger partial charge in [-0.25, -0.2) is 0 Å². The number of nitrogens with one attached hydrogen (secondary N) is 1. The molecule has 3 aromatic heterocycles. The highest BCUT2D eigenvalue weighted by Crippen LogP contribution is 2.20. The highest BCUT2D eigenvalue weighted by molar-refractivity contribution is 5.89. The van der Waals surface area contributed by atoms with Crippen LogP contribution in [0.3, 0.4) is 0 Å². The summed E-state index contributed by atoms with van der Waals surface area (Å²) in [4.78, 5) is 12.4. The molecule has 0 saturated heterocycles. The SMILES string of the molecule is CCOc1ccc2nnc(CNC(=O)Cc3cn(C)c4ccccc34)n2n1. The molecular weight excluding hydrogens is 344 g/mol. The normalized spacial score (nSPS) is 11.2. The fourth-order valence-electron chi connectivity index (χ4n) is 3.13. The lowest BCUT2D eigenvalue weighted by atomic mass is 10.1. The Hall–Kier alpha value is -3.42. The van der Waals surface area contributed by atoms with Crippen LogP contribution in [-0.2, 0) is 24.8 Å². The lowest BCUT2D eigenvalue weighted by molar-refractivity contribution is -0.120. The maximum absolute atomic E-state index is 12.4. The molecule has 0 bridgehead atoms. The lowest BCUT2D eigenvalue weighted by Crippen LogP contribution is -2.25. The van der Waals surface area contributed by atoms with Gasteiger partial charge < -0.3 is 14.6 Å². The number of rotatable bonds is 6. The second-order valence-corrected chi connectivity index (χ2v) is 6.23. The molecule has 8 heteroatoms. The van der Waals surface area contributed by atoms with Gasteiger partial charge in [0.15, 0.2) is 11.5 Å². The number of aryl methyl sites for hydroxylation is 1. The molecule has 0 spiro atoms. The number of hydrogen-bond acceptors (Lipinski definition) is 5. The number of fused-ring (bicyclic) bond motifs is 2. The van der Waals surface area contributed by atoms with Gasteiger partial charge in [-0.1, -0.05) is 18.2 Å². The van der Waals surface area contributed by atoms with Crippen molar-refractivity contribution in [2.75, 3.05) is 6.61 Å². The number of nitrogens with zero attached hydrogens (tertiary/aromatic N) is 5. The molecule has 0 aliphatic carbocycles. The third-order valence-corrected chi connectivity index (χ3v) is 4.37. The van der Waals surface area contributed by atoms with Crippen LogP contribution in [0.15, 0.2) is 42.6 Å². The van der Waals surface area contributed by atoms with E-state index < -0.39 is 0 Å². The quantitative estimate of drug-likeness (QED) is 0.564. The summed E-state index contributed by atoms with van der Waals surface area (Å²) < 4.78 is 9.03. The zero-order chi connectivity index (χ0) is 18.8. The first-order chi connectivity index (χ1) is 13.2. The maximum atomic E-state index is 12.4. The van der Waals surface area contributed by atoms with E-state index in [-0.39, 0.29) is 12.5 Å². The van der Waals surface area contributed by atoms with Crippen LogP contribution < -0.4 is 10.1 Å². The fourth-order valence-corrected chi connectivity index (χ4v) is 3.13. The number of carbonyl (C=O) groups excluding carboxylic acids is 1. The van der Waals surface area contributed by atoms with E-state index in [4.69, 9.17) is 4.74 Å². The Labute approximate surface area is 155 Å². The number of benzene rings is 1. The van der Waals surface area contributed by atoms with Crippen molar-refractivity contribution in [2.45, 2.75) is 19.9 Å². The molecule has 0 atom stereocenters. The van der Waals surface area contributed by atoms with Crippen LogP contribution in [0.5, 0.6) is 5.88 Å². The lowest BCUT2D eigenvalue weighted by Gasteiger charge is -2.05. The molecule has 0 unspecified atom stereocenters. The van der Waals surface area contributed by atoms with Crippen LogP contribution in [0.4, 0.5) is 0 Å². The predicted octanol–water partition coefficient (Wildman–Crippen LogP) is 1.87. The minimum atomic E-state index is -0.0796. The second kappa shape index (κ2) is 7.06. The highest BCUT2D eigenvalue weighted by Gasteiger charge is 2.13. The van der Waals surface area contributed by atoms with Crippen LogP contribution in [0.25, 0.3) is 16.6 Å². The molecule has 3 heterocycles. The Morgan fingerprint density at radius 3 is 2.89 bits per heavy atom. The van der Waals surface area contributed by atoms with Crippen molar-refractivity contribution in [3.8, 4) is 5.88 Å². The first-order valence-electron chi connectivity index (χ1n) is 8.79. The van der Waals surface area contributed by atoms with Gasteiger partial charge in [0.2, 0.25) is 11.8 Å². The zero-order valence-electron chi connectivity index (χ0n) is 15.2. The molecule has 1 N–H and O–H groups in total. The van der Waals surface area contributed by atoms with Crippen LogP contribution in [-0.4, -0.2) is 36.9 Å². The number of ether oxygens (including phenoxy) is 1. The number of carbonyl (C=O) groups is 1. The second-order valence-electron chi connectivity index (χ2n) is 6.23. The van der Waals surface area contributed by atoms with E-state index in [0.29, 0.717) is 30.4 Å². The molecule has 0 aliphatic heterocycles. The molecule has 1 amide bonds. The van der Waals surface area contributed by atoms with Gasteiger partial charge in [0.25, 0.3) is 0 Å². The Morgan fingerprint density at radius 2 is 2.04 bits per heavy atom. The Balaban J connectivity index is 1.47. The third kappa shape index (κ3) is 3.33. The third-order valence-electron chi connectivity index (χ3n) is 4.37. The fraction of sp³-hybridized carbons (Fsp3) is 0.263. The van der Waals surface area contributed by atoms with E-state index in [0.717, 1.165) is 16.5 Å². The molecule has 0 radical (unpaired) electrons. The standard InChI is InChI=1S/C19H20N6O2/c1-3-27-19-9-8-16-21-22-17(25(16)23-19)11-20-18(26)10-13-12-24(2)15-7-5-4-6-14(13)15/h4-9,12H,3,10-11H2,1-2H3,(H,20,26). The van der Waals surface area contributed by atoms with Crippen molar-refractivity contribution in [3.05, 3.63) is 54.0 Å². The number of amides is 1. The van der Waals surface area contributed by atoms with Gasteiger partial charge in [0.05, 0.1) is 19.6 Å². The van der Waals surface area contributed by atoms with Crippen molar-refractivity contribution < 1.29 is 9.53 Å². The summed E-state index contributed by atoms with van der Waals surface area (Å²) >= 11 is 0. The van der Waals surface area contributed by atoms with Gasteiger partial charge in [-0.05, 0) is 24.6 Å². The first-order valence-corrected chi connectivity index (χ1v) is 8.79. The molecule has 1 aromatic carbocycles.